The number of hydrogen-bond donors (Lipinski definition) is 1. The monoisotopic (exact) mass is 223 g/mol. The van der Waals surface area contributed by atoms with Crippen LogP contribution in [-0.4, -0.2) is 26.7 Å². The van der Waals surface area contributed by atoms with E-state index in [9.17, 15) is 0 Å². The molecule has 2 aromatic rings. The lowest BCUT2D eigenvalue weighted by Gasteiger charge is -1.97. The molecule has 4 nitrogen and oxygen atoms in total. The summed E-state index contributed by atoms with van der Waals surface area (Å²) in [5, 5.41) is 20.9. The van der Waals surface area contributed by atoms with Gasteiger partial charge in [0.1, 0.15) is 0 Å². The molecule has 0 aliphatic heterocycles. The number of aryl methyl sites for hydroxylation is 2. The van der Waals surface area contributed by atoms with Crippen LogP contribution in [0.4, 0.5) is 0 Å². The van der Waals surface area contributed by atoms with Crippen LogP contribution in [0.5, 0.6) is 0 Å². The summed E-state index contributed by atoms with van der Waals surface area (Å²) in [5.74, 6) is 0. The van der Waals surface area contributed by atoms with E-state index in [1.165, 1.54) is 5.56 Å². The number of aliphatic hydroxyl groups is 1. The second-order valence-corrected chi connectivity index (χ2v) is 4.11. The van der Waals surface area contributed by atoms with Crippen LogP contribution in [0.15, 0.2) is 23.0 Å². The predicted molar refractivity (Wildman–Crippen MR) is 58.8 cm³/mol. The van der Waals surface area contributed by atoms with Crippen molar-refractivity contribution in [2.75, 3.05) is 6.61 Å². The SMILES string of the molecule is OCCc1cn(CCc2ccsc2)nn1. The molecule has 0 unspecified atom stereocenters. The molecule has 2 aromatic heterocycles. The second kappa shape index (κ2) is 5.04. The van der Waals surface area contributed by atoms with E-state index in [2.05, 4.69) is 27.1 Å². The third kappa shape index (κ3) is 2.87. The largest absolute Gasteiger partial charge is 0.396 e. The summed E-state index contributed by atoms with van der Waals surface area (Å²) in [7, 11) is 0. The van der Waals surface area contributed by atoms with Crippen molar-refractivity contribution in [3.63, 3.8) is 0 Å². The van der Waals surface area contributed by atoms with Crippen molar-refractivity contribution in [1.29, 1.82) is 0 Å². The molecule has 0 saturated carbocycles. The van der Waals surface area contributed by atoms with Gasteiger partial charge in [-0.1, -0.05) is 5.21 Å². The minimum atomic E-state index is 0.128. The van der Waals surface area contributed by atoms with Crippen LogP contribution in [-0.2, 0) is 19.4 Å². The van der Waals surface area contributed by atoms with Gasteiger partial charge in [0.05, 0.1) is 5.69 Å². The van der Waals surface area contributed by atoms with Crippen molar-refractivity contribution in [2.45, 2.75) is 19.4 Å². The maximum Gasteiger partial charge on any atom is 0.0849 e. The summed E-state index contributed by atoms with van der Waals surface area (Å²) in [6, 6.07) is 2.12. The average Bonchev–Trinajstić information content (AvgIpc) is 2.85. The standard InChI is InChI=1S/C10H13N3OS/c14-5-2-10-7-13(12-11-10)4-1-9-3-6-15-8-9/h3,6-8,14H,1-2,4-5H2. The highest BCUT2D eigenvalue weighted by molar-refractivity contribution is 7.07. The number of aliphatic hydroxyl groups excluding tert-OH is 1. The molecule has 2 heterocycles. The molecule has 0 amide bonds. The Labute approximate surface area is 92.2 Å². The molecule has 0 bridgehead atoms. The van der Waals surface area contributed by atoms with Gasteiger partial charge in [-0.15, -0.1) is 5.10 Å². The van der Waals surface area contributed by atoms with Crippen LogP contribution in [0.1, 0.15) is 11.3 Å². The number of rotatable bonds is 5. The fourth-order valence-electron chi connectivity index (χ4n) is 1.36. The topological polar surface area (TPSA) is 50.9 Å². The van der Waals surface area contributed by atoms with E-state index in [-0.39, 0.29) is 6.61 Å². The van der Waals surface area contributed by atoms with Crippen molar-refractivity contribution >= 4 is 11.3 Å². The van der Waals surface area contributed by atoms with E-state index in [4.69, 9.17) is 5.11 Å². The zero-order valence-electron chi connectivity index (χ0n) is 8.33. The van der Waals surface area contributed by atoms with Crippen molar-refractivity contribution in [1.82, 2.24) is 15.0 Å². The molecular weight excluding hydrogens is 210 g/mol. The number of thiophene rings is 1. The average molecular weight is 223 g/mol. The Morgan fingerprint density at radius 2 is 2.33 bits per heavy atom. The molecule has 15 heavy (non-hydrogen) atoms. The lowest BCUT2D eigenvalue weighted by Crippen LogP contribution is -2.01. The minimum Gasteiger partial charge on any atom is -0.396 e. The number of aromatic nitrogens is 3. The molecule has 5 heteroatoms. The fourth-order valence-corrected chi connectivity index (χ4v) is 2.06. The number of nitrogens with zero attached hydrogens (tertiary/aromatic N) is 3. The minimum absolute atomic E-state index is 0.128. The van der Waals surface area contributed by atoms with Gasteiger partial charge < -0.3 is 5.11 Å². The second-order valence-electron chi connectivity index (χ2n) is 3.33. The summed E-state index contributed by atoms with van der Waals surface area (Å²) in [4.78, 5) is 0. The molecular formula is C10H13N3OS. The maximum absolute atomic E-state index is 8.73. The molecule has 0 fully saturated rings. The van der Waals surface area contributed by atoms with Gasteiger partial charge in [0.15, 0.2) is 0 Å². The lowest BCUT2D eigenvalue weighted by atomic mass is 10.2. The van der Waals surface area contributed by atoms with Crippen LogP contribution in [0.3, 0.4) is 0 Å². The predicted octanol–water partition coefficient (Wildman–Crippen LogP) is 1.12. The fraction of sp³-hybridized carbons (Fsp3) is 0.400. The lowest BCUT2D eigenvalue weighted by molar-refractivity contribution is 0.298. The van der Waals surface area contributed by atoms with Gasteiger partial charge in [0, 0.05) is 25.8 Å². The van der Waals surface area contributed by atoms with Crippen LogP contribution < -0.4 is 0 Å². The molecule has 0 saturated heterocycles. The first-order valence-corrected chi connectivity index (χ1v) is 5.83. The van der Waals surface area contributed by atoms with Crippen molar-refractivity contribution in [3.8, 4) is 0 Å². The van der Waals surface area contributed by atoms with Gasteiger partial charge in [-0.25, -0.2) is 0 Å². The summed E-state index contributed by atoms with van der Waals surface area (Å²) in [6.45, 7) is 0.971. The summed E-state index contributed by atoms with van der Waals surface area (Å²) in [5.41, 5.74) is 2.18. The molecule has 0 radical (unpaired) electrons. The molecule has 0 atom stereocenters. The highest BCUT2D eigenvalue weighted by Crippen LogP contribution is 2.07. The Kier molecular flexibility index (Phi) is 3.47. The third-order valence-corrected chi connectivity index (χ3v) is 2.90. The van der Waals surface area contributed by atoms with Crippen LogP contribution >= 0.6 is 11.3 Å². The molecule has 0 spiro atoms. The normalized spacial score (nSPS) is 10.7. The van der Waals surface area contributed by atoms with E-state index in [1.807, 2.05) is 10.9 Å². The Morgan fingerprint density at radius 1 is 1.40 bits per heavy atom. The third-order valence-electron chi connectivity index (χ3n) is 2.16. The Morgan fingerprint density at radius 3 is 3.07 bits per heavy atom. The van der Waals surface area contributed by atoms with Gasteiger partial charge in [0.25, 0.3) is 0 Å². The van der Waals surface area contributed by atoms with Crippen molar-refractivity contribution in [3.05, 3.63) is 34.3 Å². The first kappa shape index (κ1) is 10.3. The smallest absolute Gasteiger partial charge is 0.0849 e. The van der Waals surface area contributed by atoms with Gasteiger partial charge in [-0.3, -0.25) is 4.68 Å². The van der Waals surface area contributed by atoms with Gasteiger partial charge in [0.2, 0.25) is 0 Å². The van der Waals surface area contributed by atoms with Gasteiger partial charge in [-0.05, 0) is 28.8 Å². The number of hydrogen-bond acceptors (Lipinski definition) is 4. The molecule has 0 aliphatic rings. The molecule has 2 rings (SSSR count). The molecule has 1 N–H and O–H groups in total. The first-order chi connectivity index (χ1) is 7.38. The highest BCUT2D eigenvalue weighted by Gasteiger charge is 2.00. The molecule has 0 aromatic carbocycles. The highest BCUT2D eigenvalue weighted by atomic mass is 32.1. The zero-order chi connectivity index (χ0) is 10.5. The van der Waals surface area contributed by atoms with E-state index >= 15 is 0 Å². The van der Waals surface area contributed by atoms with Crippen LogP contribution in [0.25, 0.3) is 0 Å². The van der Waals surface area contributed by atoms with Gasteiger partial charge in [-0.2, -0.15) is 11.3 Å². The van der Waals surface area contributed by atoms with Crippen molar-refractivity contribution < 1.29 is 5.11 Å². The van der Waals surface area contributed by atoms with E-state index < -0.39 is 0 Å². The van der Waals surface area contributed by atoms with Crippen molar-refractivity contribution in [2.24, 2.45) is 0 Å². The van der Waals surface area contributed by atoms with E-state index in [0.29, 0.717) is 6.42 Å². The van der Waals surface area contributed by atoms with Crippen LogP contribution in [0.2, 0.25) is 0 Å². The Balaban J connectivity index is 1.88. The Bertz CT molecular complexity index is 396. The zero-order valence-corrected chi connectivity index (χ0v) is 9.15. The molecule has 0 aliphatic carbocycles. The quantitative estimate of drug-likeness (QED) is 0.826. The maximum atomic E-state index is 8.73. The van der Waals surface area contributed by atoms with Crippen LogP contribution in [0, 0.1) is 0 Å². The summed E-state index contributed by atoms with van der Waals surface area (Å²) < 4.78 is 1.82. The van der Waals surface area contributed by atoms with Gasteiger partial charge >= 0.3 is 0 Å². The van der Waals surface area contributed by atoms with E-state index in [0.717, 1.165) is 18.7 Å². The van der Waals surface area contributed by atoms with E-state index in [1.54, 1.807) is 11.3 Å². The Hall–Kier alpha value is -1.20. The summed E-state index contributed by atoms with van der Waals surface area (Å²) >= 11 is 1.71. The summed E-state index contributed by atoms with van der Waals surface area (Å²) in [6.07, 6.45) is 3.45. The first-order valence-electron chi connectivity index (χ1n) is 4.89. The molecule has 80 valence electrons.